The summed E-state index contributed by atoms with van der Waals surface area (Å²) in [6.07, 6.45) is 1.48. The summed E-state index contributed by atoms with van der Waals surface area (Å²) < 4.78 is 6.54. The third kappa shape index (κ3) is 2.59. The summed E-state index contributed by atoms with van der Waals surface area (Å²) in [5.41, 5.74) is 7.69. The van der Waals surface area contributed by atoms with E-state index in [0.717, 1.165) is 5.56 Å². The molecule has 2 aromatic rings. The molecule has 1 heterocycles. The molecule has 0 aliphatic heterocycles. The summed E-state index contributed by atoms with van der Waals surface area (Å²) in [6, 6.07) is 5.17. The summed E-state index contributed by atoms with van der Waals surface area (Å²) in [5, 5.41) is 2.77. The lowest BCUT2D eigenvalue weighted by Gasteiger charge is -2.10. The zero-order valence-corrected chi connectivity index (χ0v) is 12.6. The lowest BCUT2D eigenvalue weighted by atomic mass is 10.2. The third-order valence-electron chi connectivity index (χ3n) is 2.37. The summed E-state index contributed by atoms with van der Waals surface area (Å²) >= 11 is 6.71. The van der Waals surface area contributed by atoms with Gasteiger partial charge in [0.1, 0.15) is 0 Å². The first-order valence-electron chi connectivity index (χ1n) is 5.09. The van der Waals surface area contributed by atoms with Gasteiger partial charge in [0, 0.05) is 20.2 Å². The van der Waals surface area contributed by atoms with Crippen LogP contribution in [0.1, 0.15) is 16.1 Å². The molecule has 18 heavy (non-hydrogen) atoms. The zero-order chi connectivity index (χ0) is 13.3. The number of hydrogen-bond acceptors (Lipinski definition) is 3. The van der Waals surface area contributed by atoms with Crippen molar-refractivity contribution in [1.82, 2.24) is 0 Å². The lowest BCUT2D eigenvalue weighted by Crippen LogP contribution is -2.13. The predicted molar refractivity (Wildman–Crippen MR) is 77.7 cm³/mol. The van der Waals surface area contributed by atoms with Crippen LogP contribution in [0, 0.1) is 6.92 Å². The van der Waals surface area contributed by atoms with Gasteiger partial charge < -0.3 is 15.5 Å². The molecule has 4 nitrogen and oxygen atoms in total. The van der Waals surface area contributed by atoms with Crippen LogP contribution < -0.4 is 11.1 Å². The Balaban J connectivity index is 2.31. The molecule has 0 aliphatic carbocycles. The molecule has 0 saturated carbocycles. The minimum Gasteiger partial charge on any atom is -0.459 e. The van der Waals surface area contributed by atoms with Crippen LogP contribution in [0.4, 0.5) is 11.4 Å². The van der Waals surface area contributed by atoms with E-state index in [2.05, 4.69) is 37.2 Å². The highest BCUT2D eigenvalue weighted by Gasteiger charge is 2.16. The van der Waals surface area contributed by atoms with Crippen LogP contribution in [0.15, 0.2) is 37.8 Å². The maximum atomic E-state index is 12.0. The molecule has 0 aliphatic rings. The van der Waals surface area contributed by atoms with Crippen LogP contribution in [0.25, 0.3) is 0 Å². The summed E-state index contributed by atoms with van der Waals surface area (Å²) in [7, 11) is 0. The van der Waals surface area contributed by atoms with Crippen molar-refractivity contribution >= 4 is 49.1 Å². The molecule has 0 unspecified atom stereocenters. The lowest BCUT2D eigenvalue weighted by molar-refractivity contribution is 0.0995. The monoisotopic (exact) mass is 372 g/mol. The molecule has 0 spiro atoms. The van der Waals surface area contributed by atoms with Gasteiger partial charge in [-0.2, -0.15) is 0 Å². The summed E-state index contributed by atoms with van der Waals surface area (Å²) in [6.45, 7) is 1.81. The number of rotatable bonds is 2. The molecule has 0 radical (unpaired) electrons. The Morgan fingerprint density at radius 2 is 1.94 bits per heavy atom. The van der Waals surface area contributed by atoms with E-state index in [1.807, 2.05) is 6.92 Å². The van der Waals surface area contributed by atoms with E-state index in [0.29, 0.717) is 26.1 Å². The number of halogens is 2. The second kappa shape index (κ2) is 5.16. The SMILES string of the molecule is Cc1ccoc1C(=O)Nc1c(Br)cc(N)cc1Br. The first-order chi connectivity index (χ1) is 8.49. The van der Waals surface area contributed by atoms with Gasteiger partial charge in [-0.05, 0) is 57.0 Å². The normalized spacial score (nSPS) is 10.4. The topological polar surface area (TPSA) is 68.3 Å². The molecular formula is C12H10Br2N2O2. The van der Waals surface area contributed by atoms with Gasteiger partial charge in [-0.15, -0.1) is 0 Å². The molecule has 1 aromatic heterocycles. The predicted octanol–water partition coefficient (Wildman–Crippen LogP) is 3.95. The van der Waals surface area contributed by atoms with Crippen LogP contribution in [-0.4, -0.2) is 5.91 Å². The van der Waals surface area contributed by atoms with Gasteiger partial charge in [0.15, 0.2) is 5.76 Å². The Morgan fingerprint density at radius 1 is 1.33 bits per heavy atom. The number of nitrogen functional groups attached to an aromatic ring is 1. The van der Waals surface area contributed by atoms with Crippen LogP contribution >= 0.6 is 31.9 Å². The number of anilines is 2. The number of furan rings is 1. The van der Waals surface area contributed by atoms with Crippen molar-refractivity contribution in [3.8, 4) is 0 Å². The van der Waals surface area contributed by atoms with Crippen LogP contribution in [0.2, 0.25) is 0 Å². The average molecular weight is 374 g/mol. The van der Waals surface area contributed by atoms with Crippen molar-refractivity contribution in [3.63, 3.8) is 0 Å². The summed E-state index contributed by atoms with van der Waals surface area (Å²) in [4.78, 5) is 12.0. The standard InChI is InChI=1S/C12H10Br2N2O2/c1-6-2-3-18-11(6)12(17)16-10-8(13)4-7(15)5-9(10)14/h2-5H,15H2,1H3,(H,16,17). The smallest absolute Gasteiger partial charge is 0.291 e. The van der Waals surface area contributed by atoms with E-state index in [9.17, 15) is 4.79 Å². The van der Waals surface area contributed by atoms with Crippen molar-refractivity contribution in [2.45, 2.75) is 6.92 Å². The second-order valence-corrected chi connectivity index (χ2v) is 5.46. The molecule has 0 saturated heterocycles. The molecule has 0 bridgehead atoms. The fraction of sp³-hybridized carbons (Fsp3) is 0.0833. The summed E-state index contributed by atoms with van der Waals surface area (Å²) in [5.74, 6) is -0.00528. The first-order valence-corrected chi connectivity index (χ1v) is 6.67. The number of nitrogens with one attached hydrogen (secondary N) is 1. The molecule has 2 rings (SSSR count). The number of benzene rings is 1. The van der Waals surface area contributed by atoms with Crippen molar-refractivity contribution in [2.24, 2.45) is 0 Å². The molecule has 1 amide bonds. The molecule has 94 valence electrons. The molecule has 0 fully saturated rings. The second-order valence-electron chi connectivity index (χ2n) is 3.75. The highest BCUT2D eigenvalue weighted by atomic mass is 79.9. The quantitative estimate of drug-likeness (QED) is 0.783. The molecule has 0 atom stereocenters. The largest absolute Gasteiger partial charge is 0.459 e. The maximum Gasteiger partial charge on any atom is 0.291 e. The van der Waals surface area contributed by atoms with Gasteiger partial charge in [-0.3, -0.25) is 4.79 Å². The third-order valence-corrected chi connectivity index (χ3v) is 3.62. The highest BCUT2D eigenvalue weighted by molar-refractivity contribution is 9.11. The molecule has 6 heteroatoms. The highest BCUT2D eigenvalue weighted by Crippen LogP contribution is 2.33. The maximum absolute atomic E-state index is 12.0. The number of carbonyl (C=O) groups excluding carboxylic acids is 1. The number of hydrogen-bond donors (Lipinski definition) is 2. The van der Waals surface area contributed by atoms with Gasteiger partial charge in [0.2, 0.25) is 0 Å². The number of carbonyl (C=O) groups is 1. The van der Waals surface area contributed by atoms with Crippen LogP contribution in [0.3, 0.4) is 0 Å². The fourth-order valence-corrected chi connectivity index (χ4v) is 2.91. The van der Waals surface area contributed by atoms with Gasteiger partial charge >= 0.3 is 0 Å². The van der Waals surface area contributed by atoms with Gasteiger partial charge in [-0.25, -0.2) is 0 Å². The van der Waals surface area contributed by atoms with Gasteiger partial charge in [0.05, 0.1) is 12.0 Å². The Bertz CT molecular complexity index is 585. The van der Waals surface area contributed by atoms with E-state index in [4.69, 9.17) is 10.2 Å². The Labute approximate surface area is 121 Å². The van der Waals surface area contributed by atoms with E-state index < -0.39 is 0 Å². The van der Waals surface area contributed by atoms with E-state index >= 15 is 0 Å². The number of aryl methyl sites for hydroxylation is 1. The van der Waals surface area contributed by atoms with Gasteiger partial charge in [-0.1, -0.05) is 0 Å². The first kappa shape index (κ1) is 13.2. The fourth-order valence-electron chi connectivity index (χ4n) is 1.49. The van der Waals surface area contributed by atoms with E-state index in [1.54, 1.807) is 18.2 Å². The Kier molecular flexibility index (Phi) is 3.77. The molecule has 3 N–H and O–H groups in total. The van der Waals surface area contributed by atoms with E-state index in [-0.39, 0.29) is 5.91 Å². The number of amides is 1. The van der Waals surface area contributed by atoms with Crippen LogP contribution in [0.5, 0.6) is 0 Å². The zero-order valence-electron chi connectivity index (χ0n) is 9.46. The Hall–Kier alpha value is -1.27. The van der Waals surface area contributed by atoms with Crippen molar-refractivity contribution < 1.29 is 9.21 Å². The average Bonchev–Trinajstić information content (AvgIpc) is 2.69. The van der Waals surface area contributed by atoms with Gasteiger partial charge in [0.25, 0.3) is 5.91 Å². The molecular weight excluding hydrogens is 364 g/mol. The minimum atomic E-state index is -0.302. The molecule has 1 aromatic carbocycles. The van der Waals surface area contributed by atoms with Crippen molar-refractivity contribution in [2.75, 3.05) is 11.1 Å². The number of nitrogens with two attached hydrogens (primary N) is 1. The van der Waals surface area contributed by atoms with Crippen molar-refractivity contribution in [3.05, 3.63) is 44.7 Å². The Morgan fingerprint density at radius 3 is 2.44 bits per heavy atom. The van der Waals surface area contributed by atoms with Crippen molar-refractivity contribution in [1.29, 1.82) is 0 Å². The van der Waals surface area contributed by atoms with Crippen LogP contribution in [-0.2, 0) is 0 Å². The van der Waals surface area contributed by atoms with E-state index in [1.165, 1.54) is 6.26 Å². The minimum absolute atomic E-state index is 0.297.